The number of hydrogen-bond acceptors (Lipinski definition) is 5. The molecule has 154 valence electrons. The number of carboxylic acid groups (broad SMARTS) is 1. The van der Waals surface area contributed by atoms with Crippen molar-refractivity contribution in [3.63, 3.8) is 0 Å². The van der Waals surface area contributed by atoms with E-state index in [9.17, 15) is 23.1 Å². The maximum atomic E-state index is 12.4. The summed E-state index contributed by atoms with van der Waals surface area (Å²) in [5.74, 6) is -0.822. The first-order valence-electron chi connectivity index (χ1n) is 8.87. The Hall–Kier alpha value is -2.93. The Kier molecular flexibility index (Phi) is 6.33. The highest BCUT2D eigenvalue weighted by Gasteiger charge is 2.30. The molecule has 0 aliphatic rings. The minimum atomic E-state index is -3.31. The van der Waals surface area contributed by atoms with Crippen molar-refractivity contribution in [3.8, 4) is 5.75 Å². The molecule has 0 aliphatic carbocycles. The fourth-order valence-electron chi connectivity index (χ4n) is 2.67. The van der Waals surface area contributed by atoms with Gasteiger partial charge in [0.15, 0.2) is 21.2 Å². The third-order valence-electron chi connectivity index (χ3n) is 4.35. The SMILES string of the molecule is Cc1cc(C=CC(=O)c2ccc(S(C)(=O)=O)cc2)cc(C)c1OC(C)(C)C(=O)O. The van der Waals surface area contributed by atoms with Crippen LogP contribution in [0.5, 0.6) is 5.75 Å². The predicted octanol–water partition coefficient (Wildman–Crippen LogP) is 3.85. The number of ketones is 1. The molecule has 1 N–H and O–H groups in total. The van der Waals surface area contributed by atoms with Gasteiger partial charge in [0.05, 0.1) is 4.90 Å². The molecule has 0 aliphatic heterocycles. The first-order valence-corrected chi connectivity index (χ1v) is 10.8. The molecular weight excluding hydrogens is 392 g/mol. The van der Waals surface area contributed by atoms with Crippen molar-refractivity contribution in [2.24, 2.45) is 0 Å². The number of allylic oxidation sites excluding steroid dienone is 1. The van der Waals surface area contributed by atoms with Gasteiger partial charge in [0, 0.05) is 11.8 Å². The third kappa shape index (κ3) is 5.54. The van der Waals surface area contributed by atoms with Crippen molar-refractivity contribution in [2.45, 2.75) is 38.2 Å². The minimum absolute atomic E-state index is 0.157. The molecule has 0 radical (unpaired) electrons. The Labute approximate surface area is 170 Å². The van der Waals surface area contributed by atoms with Crippen LogP contribution in [-0.2, 0) is 14.6 Å². The molecule has 0 amide bonds. The fourth-order valence-corrected chi connectivity index (χ4v) is 3.30. The monoisotopic (exact) mass is 416 g/mol. The Morgan fingerprint density at radius 3 is 2.00 bits per heavy atom. The quantitative estimate of drug-likeness (QED) is 0.544. The first-order chi connectivity index (χ1) is 13.3. The number of benzene rings is 2. The van der Waals surface area contributed by atoms with E-state index < -0.39 is 21.4 Å². The van der Waals surface area contributed by atoms with Crippen molar-refractivity contribution < 1.29 is 27.9 Å². The Bertz CT molecular complexity index is 1050. The molecule has 0 atom stereocenters. The van der Waals surface area contributed by atoms with Crippen LogP contribution in [0, 0.1) is 13.8 Å². The lowest BCUT2D eigenvalue weighted by atomic mass is 10.0. The van der Waals surface area contributed by atoms with Crippen LogP contribution in [-0.4, -0.2) is 37.1 Å². The zero-order valence-corrected chi connectivity index (χ0v) is 17.8. The summed E-state index contributed by atoms with van der Waals surface area (Å²) in [4.78, 5) is 23.8. The molecule has 0 aromatic heterocycles. The van der Waals surface area contributed by atoms with Gasteiger partial charge in [-0.3, -0.25) is 4.79 Å². The molecule has 0 fully saturated rings. The molecule has 6 nitrogen and oxygen atoms in total. The second-order valence-electron chi connectivity index (χ2n) is 7.40. The predicted molar refractivity (Wildman–Crippen MR) is 111 cm³/mol. The molecule has 2 aromatic carbocycles. The highest BCUT2D eigenvalue weighted by molar-refractivity contribution is 7.90. The van der Waals surface area contributed by atoms with Crippen LogP contribution in [0.3, 0.4) is 0 Å². The summed E-state index contributed by atoms with van der Waals surface area (Å²) in [5.41, 5.74) is 1.29. The summed E-state index contributed by atoms with van der Waals surface area (Å²) in [6, 6.07) is 9.37. The standard InChI is InChI=1S/C22H24O6S/c1-14-12-16(13-15(2)20(14)28-22(3,4)21(24)25)6-11-19(23)17-7-9-18(10-8-17)29(5,26)27/h6-13H,1-5H3,(H,24,25). The maximum absolute atomic E-state index is 12.4. The molecule has 7 heteroatoms. The van der Waals surface area contributed by atoms with Crippen LogP contribution in [0.25, 0.3) is 6.08 Å². The van der Waals surface area contributed by atoms with Crippen molar-refractivity contribution in [3.05, 3.63) is 64.7 Å². The summed E-state index contributed by atoms with van der Waals surface area (Å²) in [6.07, 6.45) is 4.17. The number of hydrogen-bond donors (Lipinski definition) is 1. The number of carbonyl (C=O) groups excluding carboxylic acids is 1. The average molecular weight is 416 g/mol. The van der Waals surface area contributed by atoms with E-state index in [4.69, 9.17) is 4.74 Å². The zero-order chi connectivity index (χ0) is 22.0. The van der Waals surface area contributed by atoms with Gasteiger partial charge in [0.1, 0.15) is 5.75 Å². The van der Waals surface area contributed by atoms with Gasteiger partial charge in [0.2, 0.25) is 0 Å². The summed E-state index contributed by atoms with van der Waals surface area (Å²) in [5, 5.41) is 9.25. The van der Waals surface area contributed by atoms with E-state index in [0.717, 1.165) is 22.9 Å². The minimum Gasteiger partial charge on any atom is -0.478 e. The van der Waals surface area contributed by atoms with E-state index in [2.05, 4.69) is 0 Å². The third-order valence-corrected chi connectivity index (χ3v) is 5.48. The lowest BCUT2D eigenvalue weighted by Crippen LogP contribution is -2.38. The number of aliphatic carboxylic acids is 1. The van der Waals surface area contributed by atoms with E-state index in [1.165, 1.54) is 44.2 Å². The number of rotatable bonds is 7. The smallest absolute Gasteiger partial charge is 0.347 e. The topological polar surface area (TPSA) is 97.7 Å². The molecular formula is C22H24O6S. The highest BCUT2D eigenvalue weighted by Crippen LogP contribution is 2.29. The lowest BCUT2D eigenvalue weighted by molar-refractivity contribution is -0.152. The van der Waals surface area contributed by atoms with Gasteiger partial charge in [-0.05, 0) is 86.9 Å². The molecule has 0 saturated carbocycles. The second-order valence-corrected chi connectivity index (χ2v) is 9.41. The molecule has 0 heterocycles. The summed E-state index contributed by atoms with van der Waals surface area (Å²) in [7, 11) is -3.31. The van der Waals surface area contributed by atoms with Gasteiger partial charge in [-0.1, -0.05) is 6.08 Å². The van der Waals surface area contributed by atoms with E-state index in [0.29, 0.717) is 11.3 Å². The molecule has 2 rings (SSSR count). The Morgan fingerprint density at radius 2 is 1.55 bits per heavy atom. The van der Waals surface area contributed by atoms with Crippen molar-refractivity contribution in [2.75, 3.05) is 6.26 Å². The van der Waals surface area contributed by atoms with Gasteiger partial charge >= 0.3 is 5.97 Å². The number of aryl methyl sites for hydroxylation is 2. The number of sulfone groups is 1. The van der Waals surface area contributed by atoms with Crippen molar-refractivity contribution in [1.29, 1.82) is 0 Å². The van der Waals surface area contributed by atoms with Crippen LogP contribution >= 0.6 is 0 Å². The van der Waals surface area contributed by atoms with Crippen LogP contribution in [0.1, 0.15) is 40.9 Å². The molecule has 2 aromatic rings. The Morgan fingerprint density at radius 1 is 1.03 bits per heavy atom. The van der Waals surface area contributed by atoms with Crippen molar-refractivity contribution in [1.82, 2.24) is 0 Å². The lowest BCUT2D eigenvalue weighted by Gasteiger charge is -2.24. The van der Waals surface area contributed by atoms with Gasteiger partial charge in [0.25, 0.3) is 0 Å². The summed E-state index contributed by atoms with van der Waals surface area (Å²) < 4.78 is 28.7. The summed E-state index contributed by atoms with van der Waals surface area (Å²) in [6.45, 7) is 6.58. The first kappa shape index (κ1) is 22.4. The number of ether oxygens (including phenoxy) is 1. The highest BCUT2D eigenvalue weighted by atomic mass is 32.2. The van der Waals surface area contributed by atoms with E-state index in [-0.39, 0.29) is 10.7 Å². The fraction of sp³-hybridized carbons (Fsp3) is 0.273. The van der Waals surface area contributed by atoms with Crippen LogP contribution in [0.15, 0.2) is 47.4 Å². The van der Waals surface area contributed by atoms with Gasteiger partial charge < -0.3 is 9.84 Å². The average Bonchev–Trinajstić information content (AvgIpc) is 2.62. The normalized spacial score (nSPS) is 12.2. The summed E-state index contributed by atoms with van der Waals surface area (Å²) >= 11 is 0. The second kappa shape index (κ2) is 8.21. The van der Waals surface area contributed by atoms with E-state index in [1.54, 1.807) is 18.2 Å². The molecule has 0 bridgehead atoms. The molecule has 29 heavy (non-hydrogen) atoms. The van der Waals surface area contributed by atoms with Crippen LogP contribution in [0.4, 0.5) is 0 Å². The maximum Gasteiger partial charge on any atom is 0.347 e. The molecule has 0 unspecified atom stereocenters. The zero-order valence-electron chi connectivity index (χ0n) is 17.0. The molecule has 0 spiro atoms. The Balaban J connectivity index is 2.22. The van der Waals surface area contributed by atoms with Crippen LogP contribution in [0.2, 0.25) is 0 Å². The van der Waals surface area contributed by atoms with E-state index in [1.807, 2.05) is 13.8 Å². The molecule has 0 saturated heterocycles. The van der Waals surface area contributed by atoms with E-state index >= 15 is 0 Å². The largest absolute Gasteiger partial charge is 0.478 e. The van der Waals surface area contributed by atoms with Gasteiger partial charge in [-0.25, -0.2) is 13.2 Å². The van der Waals surface area contributed by atoms with Gasteiger partial charge in [-0.15, -0.1) is 0 Å². The number of carbonyl (C=O) groups is 2. The van der Waals surface area contributed by atoms with Crippen LogP contribution < -0.4 is 4.74 Å². The van der Waals surface area contributed by atoms with Crippen molar-refractivity contribution >= 4 is 27.7 Å². The number of carboxylic acids is 1. The van der Waals surface area contributed by atoms with Gasteiger partial charge in [-0.2, -0.15) is 0 Å².